The second-order valence-electron chi connectivity index (χ2n) is 14.6. The summed E-state index contributed by atoms with van der Waals surface area (Å²) in [6.45, 7) is 6.34. The van der Waals surface area contributed by atoms with E-state index in [-0.39, 0.29) is 0 Å². The third-order valence-electron chi connectivity index (χ3n) is 11.9. The first kappa shape index (κ1) is 30.9. The van der Waals surface area contributed by atoms with Crippen LogP contribution in [0.4, 0.5) is 0 Å². The van der Waals surface area contributed by atoms with Crippen molar-refractivity contribution in [2.45, 2.75) is 26.9 Å². The van der Waals surface area contributed by atoms with E-state index in [2.05, 4.69) is 193 Å². The molecule has 0 unspecified atom stereocenters. The van der Waals surface area contributed by atoms with Gasteiger partial charge in [-0.25, -0.2) is 0 Å². The third kappa shape index (κ3) is 4.47. The van der Waals surface area contributed by atoms with Crippen molar-refractivity contribution in [1.29, 1.82) is 0 Å². The first-order chi connectivity index (χ1) is 26.7. The van der Waals surface area contributed by atoms with Crippen LogP contribution in [0, 0.1) is 0 Å². The van der Waals surface area contributed by atoms with Gasteiger partial charge in [0.1, 0.15) is 0 Å². The first-order valence-electron chi connectivity index (χ1n) is 19.2. The van der Waals surface area contributed by atoms with Gasteiger partial charge in [0, 0.05) is 56.7 Å². The zero-order valence-corrected chi connectivity index (χ0v) is 30.5. The molecule has 0 aliphatic heterocycles. The quantitative estimate of drug-likeness (QED) is 0.159. The van der Waals surface area contributed by atoms with E-state index in [0.717, 1.165) is 13.1 Å². The van der Waals surface area contributed by atoms with Gasteiger partial charge in [0.05, 0.1) is 0 Å². The van der Waals surface area contributed by atoms with E-state index in [0.29, 0.717) is 0 Å². The first-order valence-corrected chi connectivity index (χ1v) is 19.2. The molecule has 0 saturated heterocycles. The number of aromatic nitrogens is 2. The summed E-state index contributed by atoms with van der Waals surface area (Å²) >= 11 is 0. The van der Waals surface area contributed by atoms with Crippen LogP contribution in [0.25, 0.3) is 109 Å². The molecule has 0 N–H and O–H groups in total. The molecule has 2 nitrogen and oxygen atoms in total. The summed E-state index contributed by atoms with van der Waals surface area (Å²) < 4.78 is 4.91. The Hall–Kier alpha value is -6.64. The molecular weight excluding hydrogens is 653 g/mol. The SMILES string of the molecule is CCn1c2ccccc2c2ccc(-c3cccc4c(-c5ccc6ccccc6c5)c5cccc(-c6ccc7c8ccccc8n(CC)c7c6)c5cc34)cc21. The molecule has 0 aliphatic carbocycles. The number of hydrogen-bond donors (Lipinski definition) is 0. The van der Waals surface area contributed by atoms with Gasteiger partial charge in [0.2, 0.25) is 0 Å². The Labute approximate surface area is 314 Å². The van der Waals surface area contributed by atoms with Crippen molar-refractivity contribution in [3.63, 3.8) is 0 Å². The van der Waals surface area contributed by atoms with Crippen molar-refractivity contribution >= 4 is 75.9 Å². The van der Waals surface area contributed by atoms with Gasteiger partial charge >= 0.3 is 0 Å². The highest BCUT2D eigenvalue weighted by atomic mass is 15.0. The molecule has 0 fully saturated rings. The minimum absolute atomic E-state index is 0.921. The lowest BCUT2D eigenvalue weighted by molar-refractivity contribution is 0.827. The van der Waals surface area contributed by atoms with Gasteiger partial charge < -0.3 is 9.13 Å². The molecule has 11 rings (SSSR count). The summed E-state index contributed by atoms with van der Waals surface area (Å²) in [6, 6.07) is 63.6. The standard InChI is InChI=1S/C52H38N2/c1-3-53-48-21-9-7-15-40(48)42-27-25-35(30-50(42)53)38-17-11-19-44-46(38)32-47-39(36-26-28-43-41-16-8-10-22-49(41)54(4-2)51(43)31-36)18-12-20-45(47)52(44)37-24-23-33-13-5-6-14-34(33)29-37/h5-32H,3-4H2,1-2H3. The van der Waals surface area contributed by atoms with Crippen molar-refractivity contribution in [2.75, 3.05) is 0 Å². The summed E-state index contributed by atoms with van der Waals surface area (Å²) in [5.74, 6) is 0. The Balaban J connectivity index is 1.22. The van der Waals surface area contributed by atoms with E-state index in [9.17, 15) is 0 Å². The Morgan fingerprint density at radius 2 is 0.778 bits per heavy atom. The third-order valence-corrected chi connectivity index (χ3v) is 11.9. The smallest absolute Gasteiger partial charge is 0.0497 e. The summed E-state index contributed by atoms with van der Waals surface area (Å²) in [7, 11) is 0. The van der Waals surface area contributed by atoms with Gasteiger partial charge in [0.25, 0.3) is 0 Å². The minimum Gasteiger partial charge on any atom is -0.341 e. The van der Waals surface area contributed by atoms with E-state index < -0.39 is 0 Å². The highest BCUT2D eigenvalue weighted by Crippen LogP contribution is 2.45. The molecule has 2 heteroatoms. The van der Waals surface area contributed by atoms with Crippen molar-refractivity contribution in [3.8, 4) is 33.4 Å². The number of rotatable bonds is 5. The van der Waals surface area contributed by atoms with Gasteiger partial charge in [0.15, 0.2) is 0 Å². The Kier molecular flexibility index (Phi) is 6.84. The van der Waals surface area contributed by atoms with E-state index >= 15 is 0 Å². The zero-order valence-electron chi connectivity index (χ0n) is 30.5. The lowest BCUT2D eigenvalue weighted by atomic mass is 9.85. The maximum atomic E-state index is 2.47. The van der Waals surface area contributed by atoms with Crippen LogP contribution >= 0.6 is 0 Å². The molecule has 54 heavy (non-hydrogen) atoms. The average molecular weight is 691 g/mol. The monoisotopic (exact) mass is 690 g/mol. The Morgan fingerprint density at radius 3 is 1.33 bits per heavy atom. The number of fused-ring (bicyclic) bond motifs is 9. The number of hydrogen-bond acceptors (Lipinski definition) is 0. The normalized spacial score (nSPS) is 12.0. The molecule has 256 valence electrons. The van der Waals surface area contributed by atoms with Crippen LogP contribution in [0.5, 0.6) is 0 Å². The van der Waals surface area contributed by atoms with Crippen LogP contribution in [-0.4, -0.2) is 9.13 Å². The topological polar surface area (TPSA) is 9.86 Å². The van der Waals surface area contributed by atoms with Crippen molar-refractivity contribution in [3.05, 3.63) is 170 Å². The summed E-state index contributed by atoms with van der Waals surface area (Å²) in [4.78, 5) is 0. The van der Waals surface area contributed by atoms with Crippen molar-refractivity contribution in [2.24, 2.45) is 0 Å². The zero-order chi connectivity index (χ0) is 35.9. The van der Waals surface area contributed by atoms with Crippen LogP contribution in [0.3, 0.4) is 0 Å². The summed E-state index contributed by atoms with van der Waals surface area (Å²) in [5.41, 5.74) is 12.6. The van der Waals surface area contributed by atoms with Gasteiger partial charge in [-0.2, -0.15) is 0 Å². The molecule has 0 saturated carbocycles. The largest absolute Gasteiger partial charge is 0.341 e. The fraction of sp³-hybridized carbons (Fsp3) is 0.0769. The second kappa shape index (κ2) is 11.9. The van der Waals surface area contributed by atoms with Gasteiger partial charge in [-0.3, -0.25) is 0 Å². The predicted molar refractivity (Wildman–Crippen MR) is 233 cm³/mol. The molecule has 2 heterocycles. The van der Waals surface area contributed by atoms with Gasteiger partial charge in [-0.1, -0.05) is 133 Å². The molecule has 0 aliphatic rings. The molecule has 9 aromatic carbocycles. The van der Waals surface area contributed by atoms with Gasteiger partial charge in [-0.15, -0.1) is 0 Å². The summed E-state index contributed by atoms with van der Waals surface area (Å²) in [6.07, 6.45) is 0. The maximum Gasteiger partial charge on any atom is 0.0497 e. The molecule has 0 amide bonds. The molecule has 0 atom stereocenters. The van der Waals surface area contributed by atoms with Crippen LogP contribution in [0.1, 0.15) is 13.8 Å². The number of nitrogens with zero attached hydrogens (tertiary/aromatic N) is 2. The molecule has 0 bridgehead atoms. The van der Waals surface area contributed by atoms with Crippen LogP contribution in [0.15, 0.2) is 170 Å². The molecule has 0 spiro atoms. The molecule has 2 aromatic heterocycles. The predicted octanol–water partition coefficient (Wildman–Crippen LogP) is 14.4. The Morgan fingerprint density at radius 1 is 0.315 bits per heavy atom. The molecular formula is C52H38N2. The van der Waals surface area contributed by atoms with Crippen LogP contribution < -0.4 is 0 Å². The fourth-order valence-electron chi connectivity index (χ4n) is 9.44. The van der Waals surface area contributed by atoms with Gasteiger partial charge in [-0.05, 0) is 116 Å². The van der Waals surface area contributed by atoms with Crippen molar-refractivity contribution in [1.82, 2.24) is 9.13 Å². The van der Waals surface area contributed by atoms with Crippen LogP contribution in [0.2, 0.25) is 0 Å². The molecule has 11 aromatic rings. The maximum absolute atomic E-state index is 2.47. The number of aryl methyl sites for hydroxylation is 2. The number of para-hydroxylation sites is 2. The molecule has 0 radical (unpaired) electrons. The lowest BCUT2D eigenvalue weighted by Crippen LogP contribution is -1.94. The minimum atomic E-state index is 0.921. The second-order valence-corrected chi connectivity index (χ2v) is 14.6. The van der Waals surface area contributed by atoms with E-state index in [4.69, 9.17) is 0 Å². The van der Waals surface area contributed by atoms with Crippen LogP contribution in [-0.2, 0) is 13.1 Å². The number of benzene rings is 9. The lowest BCUT2D eigenvalue weighted by Gasteiger charge is -2.18. The van der Waals surface area contributed by atoms with Crippen molar-refractivity contribution < 1.29 is 0 Å². The van der Waals surface area contributed by atoms with E-state index in [1.54, 1.807) is 0 Å². The summed E-state index contributed by atoms with van der Waals surface area (Å²) in [5, 5.41) is 12.8. The highest BCUT2D eigenvalue weighted by molar-refractivity contribution is 6.20. The fourth-order valence-corrected chi connectivity index (χ4v) is 9.44. The van der Waals surface area contributed by atoms with E-state index in [1.807, 2.05) is 0 Å². The van der Waals surface area contributed by atoms with E-state index in [1.165, 1.54) is 109 Å². The highest BCUT2D eigenvalue weighted by Gasteiger charge is 2.19. The Bertz CT molecular complexity index is 3120. The average Bonchev–Trinajstić information content (AvgIpc) is 3.73.